The van der Waals surface area contributed by atoms with Crippen LogP contribution in [-0.2, 0) is 16.6 Å². The van der Waals surface area contributed by atoms with Gasteiger partial charge >= 0.3 is 5.69 Å². The smallest absolute Gasteiger partial charge is 0.337 e. The monoisotopic (exact) mass is 533 g/mol. The van der Waals surface area contributed by atoms with Crippen molar-refractivity contribution in [2.24, 2.45) is 7.05 Å². The summed E-state index contributed by atoms with van der Waals surface area (Å²) in [5.41, 5.74) is -0.0766. The van der Waals surface area contributed by atoms with Gasteiger partial charge in [-0.2, -0.15) is 4.98 Å². The molecule has 3 heterocycles. The zero-order valence-corrected chi connectivity index (χ0v) is 21.4. The van der Waals surface area contributed by atoms with E-state index >= 15 is 0 Å². The quantitative estimate of drug-likeness (QED) is 0.326. The topological polar surface area (TPSA) is 155 Å². The number of para-hydroxylation sites is 1. The number of aromatic hydroxyl groups is 2. The van der Waals surface area contributed by atoms with Crippen molar-refractivity contribution in [1.82, 2.24) is 24.0 Å². The van der Waals surface area contributed by atoms with Gasteiger partial charge in [-0.25, -0.2) is 14.3 Å². The highest BCUT2D eigenvalue weighted by atomic mass is 16.5. The summed E-state index contributed by atoms with van der Waals surface area (Å²) < 4.78 is 6.77. The first-order chi connectivity index (χ1) is 18.8. The van der Waals surface area contributed by atoms with Crippen molar-refractivity contribution in [2.45, 2.75) is 0 Å². The molecule has 202 valence electrons. The molecule has 1 amide bonds. The van der Waals surface area contributed by atoms with Crippen LogP contribution in [0.25, 0.3) is 16.7 Å². The number of benzene rings is 2. The largest absolute Gasteiger partial charge is 0.506 e. The number of nitrogens with one attached hydrogen (secondary N) is 1. The van der Waals surface area contributed by atoms with Crippen LogP contribution in [-0.4, -0.2) is 80.0 Å². The van der Waals surface area contributed by atoms with Gasteiger partial charge in [0.1, 0.15) is 29.2 Å². The Bertz CT molecular complexity index is 1640. The fraction of sp³-hybridized carbons (Fsp3) is 0.269. The molecule has 1 saturated heterocycles. The van der Waals surface area contributed by atoms with E-state index < -0.39 is 22.7 Å². The highest BCUT2D eigenvalue weighted by Gasteiger charge is 2.22. The Kier molecular flexibility index (Phi) is 6.90. The van der Waals surface area contributed by atoms with Gasteiger partial charge in [-0.1, -0.05) is 6.07 Å². The van der Waals surface area contributed by atoms with Crippen molar-refractivity contribution in [3.8, 4) is 17.2 Å². The van der Waals surface area contributed by atoms with Crippen molar-refractivity contribution in [3.05, 3.63) is 69.5 Å². The summed E-state index contributed by atoms with van der Waals surface area (Å²) in [7, 11) is 2.94. The third-order valence-corrected chi connectivity index (χ3v) is 6.60. The summed E-state index contributed by atoms with van der Waals surface area (Å²) in [5.74, 6) is -0.673. The predicted molar refractivity (Wildman–Crippen MR) is 144 cm³/mol. The molecular formula is C26H27N7O6. The average molecular weight is 534 g/mol. The van der Waals surface area contributed by atoms with Gasteiger partial charge in [-0.3, -0.25) is 14.2 Å². The number of ether oxygens (including phenoxy) is 1. The third-order valence-electron chi connectivity index (χ3n) is 6.60. The Morgan fingerprint density at radius 1 is 1.03 bits per heavy atom. The number of phenols is 2. The molecule has 4 aromatic rings. The second-order valence-electron chi connectivity index (χ2n) is 9.03. The van der Waals surface area contributed by atoms with Gasteiger partial charge in [0, 0.05) is 57.9 Å². The molecule has 1 aliphatic rings. The number of methoxy groups -OCH3 is 1. The number of hydrogen-bond donors (Lipinski definition) is 3. The Balaban J connectivity index is 1.36. The van der Waals surface area contributed by atoms with Crippen molar-refractivity contribution in [3.63, 3.8) is 0 Å². The number of fused-ring (bicyclic) bond motifs is 1. The summed E-state index contributed by atoms with van der Waals surface area (Å²) in [5, 5.41) is 23.5. The summed E-state index contributed by atoms with van der Waals surface area (Å²) in [4.78, 5) is 50.8. The molecule has 0 unspecified atom stereocenters. The first-order valence-electron chi connectivity index (χ1n) is 12.2. The Labute approximate surface area is 222 Å². The number of anilines is 3. The SMILES string of the molecule is COCC(=O)N1CCN(c2ccc(Nc3ncc4c(=O)n(-c5c(O)cccc5O)c(=O)n(C)c4n3)cc2)CC1. The first-order valence-corrected chi connectivity index (χ1v) is 12.2. The minimum absolute atomic E-state index is 0.0140. The van der Waals surface area contributed by atoms with Gasteiger partial charge in [0.25, 0.3) is 5.56 Å². The Morgan fingerprint density at radius 2 is 1.69 bits per heavy atom. The summed E-state index contributed by atoms with van der Waals surface area (Å²) in [6.45, 7) is 2.75. The minimum Gasteiger partial charge on any atom is -0.506 e. The molecule has 13 nitrogen and oxygen atoms in total. The molecule has 0 spiro atoms. The van der Waals surface area contributed by atoms with E-state index in [2.05, 4.69) is 20.2 Å². The molecule has 13 heteroatoms. The molecular weight excluding hydrogens is 506 g/mol. The number of piperazine rings is 1. The number of carbonyl (C=O) groups excluding carboxylic acids is 1. The third kappa shape index (κ3) is 4.86. The van der Waals surface area contributed by atoms with Crippen molar-refractivity contribution in [2.75, 3.05) is 50.1 Å². The van der Waals surface area contributed by atoms with Crippen molar-refractivity contribution < 1.29 is 19.7 Å². The van der Waals surface area contributed by atoms with Crippen LogP contribution in [0.5, 0.6) is 11.5 Å². The van der Waals surface area contributed by atoms with Crippen LogP contribution in [0.3, 0.4) is 0 Å². The summed E-state index contributed by atoms with van der Waals surface area (Å²) in [6, 6.07) is 11.6. The Morgan fingerprint density at radius 3 is 2.33 bits per heavy atom. The lowest BCUT2D eigenvalue weighted by atomic mass is 10.2. The van der Waals surface area contributed by atoms with E-state index in [1.165, 1.54) is 38.6 Å². The zero-order valence-electron chi connectivity index (χ0n) is 21.4. The van der Waals surface area contributed by atoms with Crippen LogP contribution in [0.15, 0.2) is 58.3 Å². The molecule has 5 rings (SSSR count). The van der Waals surface area contributed by atoms with Gasteiger partial charge < -0.3 is 30.1 Å². The fourth-order valence-electron chi connectivity index (χ4n) is 4.55. The van der Waals surface area contributed by atoms with Crippen LogP contribution in [0.1, 0.15) is 0 Å². The highest BCUT2D eigenvalue weighted by Crippen LogP contribution is 2.29. The first kappa shape index (κ1) is 25.7. The maximum atomic E-state index is 13.1. The molecule has 39 heavy (non-hydrogen) atoms. The van der Waals surface area contributed by atoms with Crippen LogP contribution in [0.2, 0.25) is 0 Å². The van der Waals surface area contributed by atoms with Gasteiger partial charge in [-0.05, 0) is 36.4 Å². The number of amides is 1. The lowest BCUT2D eigenvalue weighted by molar-refractivity contribution is -0.135. The number of aryl methyl sites for hydroxylation is 1. The van der Waals surface area contributed by atoms with E-state index in [0.29, 0.717) is 36.4 Å². The minimum atomic E-state index is -0.790. The van der Waals surface area contributed by atoms with Crippen LogP contribution >= 0.6 is 0 Å². The van der Waals surface area contributed by atoms with E-state index in [9.17, 15) is 24.6 Å². The molecule has 0 saturated carbocycles. The van der Waals surface area contributed by atoms with Crippen LogP contribution in [0.4, 0.5) is 17.3 Å². The van der Waals surface area contributed by atoms with Gasteiger partial charge in [-0.15, -0.1) is 0 Å². The molecule has 0 bridgehead atoms. The van der Waals surface area contributed by atoms with Crippen molar-refractivity contribution >= 4 is 34.3 Å². The molecule has 0 aliphatic carbocycles. The highest BCUT2D eigenvalue weighted by molar-refractivity contribution is 5.78. The standard InChI is InChI=1S/C26H27N7O6/c1-30-23-18(24(37)33(26(30)38)22-19(34)4-3-5-20(22)35)14-27-25(29-23)28-16-6-8-17(9-7-16)31-10-12-32(13-11-31)21(36)15-39-2/h3-9,14,34-35H,10-13,15H2,1-2H3,(H,27,28,29). The van der Waals surface area contributed by atoms with Crippen LogP contribution in [0, 0.1) is 0 Å². The molecule has 2 aromatic carbocycles. The summed E-state index contributed by atoms with van der Waals surface area (Å²) >= 11 is 0. The second-order valence-corrected chi connectivity index (χ2v) is 9.03. The van der Waals surface area contributed by atoms with E-state index in [0.717, 1.165) is 10.3 Å². The molecule has 3 N–H and O–H groups in total. The fourth-order valence-corrected chi connectivity index (χ4v) is 4.55. The average Bonchev–Trinajstić information content (AvgIpc) is 2.94. The number of hydrogen-bond acceptors (Lipinski definition) is 10. The molecule has 1 aliphatic heterocycles. The molecule has 0 radical (unpaired) electrons. The van der Waals surface area contributed by atoms with Crippen LogP contribution < -0.4 is 21.5 Å². The van der Waals surface area contributed by atoms with Crippen molar-refractivity contribution in [1.29, 1.82) is 0 Å². The normalized spacial score (nSPS) is 13.6. The maximum absolute atomic E-state index is 13.1. The van der Waals surface area contributed by atoms with E-state index in [1.54, 1.807) is 4.90 Å². The number of phenolic OH excluding ortho intramolecular Hbond substituents is 2. The number of rotatable bonds is 6. The Hall–Kier alpha value is -4.91. The molecule has 0 atom stereocenters. The number of carbonyl (C=O) groups is 1. The lowest BCUT2D eigenvalue weighted by Gasteiger charge is -2.36. The summed E-state index contributed by atoms with van der Waals surface area (Å²) in [6.07, 6.45) is 1.29. The zero-order chi connectivity index (χ0) is 27.7. The maximum Gasteiger partial charge on any atom is 0.337 e. The van der Waals surface area contributed by atoms with Gasteiger partial charge in [0.15, 0.2) is 5.65 Å². The molecule has 2 aromatic heterocycles. The predicted octanol–water partition coefficient (Wildman–Crippen LogP) is 0.929. The van der Waals surface area contributed by atoms with Gasteiger partial charge in [0.05, 0.1) is 0 Å². The van der Waals surface area contributed by atoms with E-state index in [-0.39, 0.29) is 35.2 Å². The molecule has 1 fully saturated rings. The number of aromatic nitrogens is 4. The van der Waals surface area contributed by atoms with E-state index in [1.807, 2.05) is 24.3 Å². The van der Waals surface area contributed by atoms with Gasteiger partial charge in [0.2, 0.25) is 11.9 Å². The number of nitrogens with zero attached hydrogens (tertiary/aromatic N) is 6. The second kappa shape index (κ2) is 10.5. The van der Waals surface area contributed by atoms with E-state index in [4.69, 9.17) is 4.74 Å². The lowest BCUT2D eigenvalue weighted by Crippen LogP contribution is -2.49.